The first kappa shape index (κ1) is 8.97. The third kappa shape index (κ3) is 2.42. The summed E-state index contributed by atoms with van der Waals surface area (Å²) in [4.78, 5) is 11.4. The highest BCUT2D eigenvalue weighted by atomic mass is 16.2. The Morgan fingerprint density at radius 2 is 2.15 bits per heavy atom. The first-order valence-corrected chi connectivity index (χ1v) is 5.06. The summed E-state index contributed by atoms with van der Waals surface area (Å²) in [6, 6.07) is 0.284. The molecule has 0 radical (unpaired) electrons. The molecular weight excluding hydrogens is 166 g/mol. The van der Waals surface area contributed by atoms with Crippen LogP contribution in [0, 0.1) is 5.92 Å². The molecule has 1 saturated heterocycles. The number of rotatable bonds is 2. The van der Waals surface area contributed by atoms with Crippen LogP contribution in [0.25, 0.3) is 0 Å². The Labute approximate surface area is 78.4 Å². The summed E-state index contributed by atoms with van der Waals surface area (Å²) in [7, 11) is 0. The monoisotopic (exact) mass is 183 g/mol. The summed E-state index contributed by atoms with van der Waals surface area (Å²) < 4.78 is 0. The summed E-state index contributed by atoms with van der Waals surface area (Å²) in [5.41, 5.74) is 0. The Balaban J connectivity index is 1.76. The Morgan fingerprint density at radius 1 is 1.38 bits per heavy atom. The van der Waals surface area contributed by atoms with Gasteiger partial charge in [0.05, 0.1) is 0 Å². The van der Waals surface area contributed by atoms with Crippen LogP contribution in [-0.4, -0.2) is 30.0 Å². The number of nitrogens with two attached hydrogens (primary N) is 1. The van der Waals surface area contributed by atoms with Crippen LogP contribution in [0.3, 0.4) is 0 Å². The molecular formula is C9H17N3O. The second-order valence-corrected chi connectivity index (χ2v) is 4.12. The minimum absolute atomic E-state index is 0.236. The Morgan fingerprint density at radius 3 is 2.77 bits per heavy atom. The molecule has 2 rings (SSSR count). The molecule has 0 aromatic carbocycles. The molecule has 13 heavy (non-hydrogen) atoms. The van der Waals surface area contributed by atoms with Gasteiger partial charge < -0.3 is 5.32 Å². The quantitative estimate of drug-likeness (QED) is 0.585. The molecule has 4 heteroatoms. The number of hydrazine groups is 1. The minimum Gasteiger partial charge on any atom is -0.352 e. The first-order valence-electron chi connectivity index (χ1n) is 5.06. The maximum atomic E-state index is 11.4. The molecule has 0 bridgehead atoms. The van der Waals surface area contributed by atoms with Crippen LogP contribution in [0.4, 0.5) is 0 Å². The number of hydrogen-bond donors (Lipinski definition) is 2. The molecule has 0 spiro atoms. The minimum atomic E-state index is 0.236. The van der Waals surface area contributed by atoms with E-state index >= 15 is 0 Å². The summed E-state index contributed by atoms with van der Waals surface area (Å²) in [6.45, 7) is 1.76. The molecule has 1 atom stereocenters. The number of carbonyl (C=O) groups excluding carboxylic acids is 1. The number of hydrogen-bond acceptors (Lipinski definition) is 3. The fourth-order valence-corrected chi connectivity index (χ4v) is 1.79. The Bertz CT molecular complexity index is 203. The molecule has 74 valence electrons. The van der Waals surface area contributed by atoms with Gasteiger partial charge in [0.25, 0.3) is 0 Å². The van der Waals surface area contributed by atoms with E-state index in [1.54, 1.807) is 5.01 Å². The molecule has 0 aromatic rings. The van der Waals surface area contributed by atoms with E-state index < -0.39 is 0 Å². The van der Waals surface area contributed by atoms with Crippen LogP contribution >= 0.6 is 0 Å². The fraction of sp³-hybridized carbons (Fsp3) is 0.889. The van der Waals surface area contributed by atoms with Crippen LogP contribution < -0.4 is 11.2 Å². The predicted octanol–water partition coefficient (Wildman–Crippen LogP) is -0.149. The van der Waals surface area contributed by atoms with Gasteiger partial charge in [-0.05, 0) is 25.7 Å². The Hall–Kier alpha value is -0.610. The zero-order valence-electron chi connectivity index (χ0n) is 7.83. The largest absolute Gasteiger partial charge is 0.352 e. The molecule has 1 amide bonds. The van der Waals surface area contributed by atoms with Gasteiger partial charge in [-0.3, -0.25) is 10.6 Å². The van der Waals surface area contributed by atoms with E-state index in [4.69, 9.17) is 5.84 Å². The van der Waals surface area contributed by atoms with Gasteiger partial charge in [0.1, 0.15) is 0 Å². The molecule has 0 aromatic heterocycles. The molecule has 0 unspecified atom stereocenters. The molecule has 2 fully saturated rings. The van der Waals surface area contributed by atoms with Crippen LogP contribution in [0.15, 0.2) is 0 Å². The average Bonchev–Trinajstić information content (AvgIpc) is 2.85. The molecule has 2 aliphatic rings. The summed E-state index contributed by atoms with van der Waals surface area (Å²) in [6.07, 6.45) is 4.31. The number of nitrogens with zero attached hydrogens (tertiary/aromatic N) is 1. The van der Waals surface area contributed by atoms with Gasteiger partial charge in [-0.1, -0.05) is 0 Å². The molecule has 1 heterocycles. The topological polar surface area (TPSA) is 58.4 Å². The van der Waals surface area contributed by atoms with Crippen molar-refractivity contribution >= 4 is 5.91 Å². The maximum absolute atomic E-state index is 11.4. The van der Waals surface area contributed by atoms with E-state index in [1.165, 1.54) is 0 Å². The van der Waals surface area contributed by atoms with E-state index in [0.29, 0.717) is 5.92 Å². The normalized spacial score (nSPS) is 30.1. The summed E-state index contributed by atoms with van der Waals surface area (Å²) in [5, 5.41) is 4.84. The lowest BCUT2D eigenvalue weighted by Gasteiger charge is -2.29. The number of piperidine rings is 1. The molecule has 1 aliphatic carbocycles. The molecule has 3 N–H and O–H groups in total. The SMILES string of the molecule is NN1CCC[C@@H](NC(=O)C2CC2)C1. The first-order chi connectivity index (χ1) is 6.25. The van der Waals surface area contributed by atoms with Crippen LogP contribution in [0.1, 0.15) is 25.7 Å². The average molecular weight is 183 g/mol. The second kappa shape index (κ2) is 3.64. The molecule has 1 aliphatic heterocycles. The van der Waals surface area contributed by atoms with Gasteiger partial charge in [0, 0.05) is 25.0 Å². The van der Waals surface area contributed by atoms with E-state index in [9.17, 15) is 4.79 Å². The van der Waals surface area contributed by atoms with Gasteiger partial charge >= 0.3 is 0 Å². The highest BCUT2D eigenvalue weighted by molar-refractivity contribution is 5.81. The number of carbonyl (C=O) groups is 1. The zero-order chi connectivity index (χ0) is 9.26. The zero-order valence-corrected chi connectivity index (χ0v) is 7.83. The van der Waals surface area contributed by atoms with Crippen molar-refractivity contribution in [3.05, 3.63) is 0 Å². The van der Waals surface area contributed by atoms with E-state index in [2.05, 4.69) is 5.32 Å². The lowest BCUT2D eigenvalue weighted by atomic mass is 10.1. The predicted molar refractivity (Wildman–Crippen MR) is 49.6 cm³/mol. The summed E-state index contributed by atoms with van der Waals surface area (Å²) >= 11 is 0. The van der Waals surface area contributed by atoms with Crippen LogP contribution in [0.5, 0.6) is 0 Å². The van der Waals surface area contributed by atoms with E-state index in [-0.39, 0.29) is 11.9 Å². The highest BCUT2D eigenvalue weighted by Crippen LogP contribution is 2.29. The lowest BCUT2D eigenvalue weighted by molar-refractivity contribution is -0.123. The van der Waals surface area contributed by atoms with Gasteiger partial charge in [-0.15, -0.1) is 0 Å². The van der Waals surface area contributed by atoms with Crippen molar-refractivity contribution in [2.45, 2.75) is 31.7 Å². The summed E-state index contributed by atoms with van der Waals surface area (Å²) in [5.74, 6) is 6.22. The highest BCUT2D eigenvalue weighted by Gasteiger charge is 2.31. The molecule has 4 nitrogen and oxygen atoms in total. The third-order valence-electron chi connectivity index (χ3n) is 2.75. The Kier molecular flexibility index (Phi) is 2.51. The van der Waals surface area contributed by atoms with Gasteiger partial charge in [-0.25, -0.2) is 5.01 Å². The number of amides is 1. The van der Waals surface area contributed by atoms with Gasteiger partial charge in [0.15, 0.2) is 0 Å². The fourth-order valence-electron chi connectivity index (χ4n) is 1.79. The van der Waals surface area contributed by atoms with Crippen molar-refractivity contribution in [3.63, 3.8) is 0 Å². The van der Waals surface area contributed by atoms with Crippen molar-refractivity contribution in [2.75, 3.05) is 13.1 Å². The maximum Gasteiger partial charge on any atom is 0.223 e. The van der Waals surface area contributed by atoms with Gasteiger partial charge in [-0.2, -0.15) is 0 Å². The second-order valence-electron chi connectivity index (χ2n) is 4.12. The third-order valence-corrected chi connectivity index (χ3v) is 2.75. The van der Waals surface area contributed by atoms with Crippen molar-refractivity contribution < 1.29 is 4.79 Å². The van der Waals surface area contributed by atoms with Crippen molar-refractivity contribution in [1.29, 1.82) is 0 Å². The molecule has 1 saturated carbocycles. The van der Waals surface area contributed by atoms with Crippen molar-refractivity contribution in [2.24, 2.45) is 11.8 Å². The van der Waals surface area contributed by atoms with Crippen molar-refractivity contribution in [1.82, 2.24) is 10.3 Å². The number of nitrogens with one attached hydrogen (secondary N) is 1. The smallest absolute Gasteiger partial charge is 0.223 e. The van der Waals surface area contributed by atoms with Crippen molar-refractivity contribution in [3.8, 4) is 0 Å². The van der Waals surface area contributed by atoms with E-state index in [1.807, 2.05) is 0 Å². The standard InChI is InChI=1S/C9H17N3O/c10-12-5-1-2-8(6-12)11-9(13)7-3-4-7/h7-8H,1-6,10H2,(H,11,13)/t8-/m1/s1. The van der Waals surface area contributed by atoms with Crippen LogP contribution in [0.2, 0.25) is 0 Å². The van der Waals surface area contributed by atoms with Crippen LogP contribution in [-0.2, 0) is 4.79 Å². The van der Waals surface area contributed by atoms with E-state index in [0.717, 1.165) is 38.8 Å². The lowest BCUT2D eigenvalue weighted by Crippen LogP contribution is -2.50. The van der Waals surface area contributed by atoms with Gasteiger partial charge in [0.2, 0.25) is 5.91 Å².